The lowest BCUT2D eigenvalue weighted by Crippen LogP contribution is -2.09. The Morgan fingerprint density at radius 2 is 1.74 bits per heavy atom. The van der Waals surface area contributed by atoms with Crippen molar-refractivity contribution >= 4 is 11.7 Å². The first kappa shape index (κ1) is 11.3. The van der Waals surface area contributed by atoms with Gasteiger partial charge in [0.1, 0.15) is 0 Å². The monoisotopic (exact) mass is 259 g/mol. The molecule has 0 atom stereocenters. The number of nitrogens with two attached hydrogens (primary N) is 1. The van der Waals surface area contributed by atoms with Crippen LogP contribution in [0.3, 0.4) is 0 Å². The van der Waals surface area contributed by atoms with Crippen LogP contribution >= 0.6 is 0 Å². The number of rotatable bonds is 1. The molecule has 0 saturated heterocycles. The normalized spacial score (nSPS) is 11.6. The Morgan fingerprint density at radius 3 is 2.32 bits per heavy atom. The number of esters is 1. The maximum Gasteiger partial charge on any atom is 0.340 e. The number of hydrogen-bond acceptors (Lipinski definition) is 7. The molecular formula is C12H9N3O4. The van der Waals surface area contributed by atoms with Gasteiger partial charge in [-0.3, -0.25) is 0 Å². The summed E-state index contributed by atoms with van der Waals surface area (Å²) in [5.74, 6) is 0.644. The highest BCUT2D eigenvalue weighted by Gasteiger charge is 2.24. The maximum absolute atomic E-state index is 11.5. The van der Waals surface area contributed by atoms with Crippen molar-refractivity contribution in [3.8, 4) is 23.3 Å². The van der Waals surface area contributed by atoms with Gasteiger partial charge >= 0.3 is 5.97 Å². The summed E-state index contributed by atoms with van der Waals surface area (Å²) in [7, 11) is 1.28. The van der Waals surface area contributed by atoms with Gasteiger partial charge in [0.15, 0.2) is 11.5 Å². The van der Waals surface area contributed by atoms with Crippen molar-refractivity contribution in [3.05, 3.63) is 30.1 Å². The molecular weight excluding hydrogens is 250 g/mol. The molecule has 1 aromatic carbocycles. The number of hydrogen-bond donors (Lipinski definition) is 1. The highest BCUT2D eigenvalue weighted by Crippen LogP contribution is 2.44. The van der Waals surface area contributed by atoms with E-state index < -0.39 is 5.97 Å². The summed E-state index contributed by atoms with van der Waals surface area (Å²) in [6.07, 6.45) is 2.96. The Morgan fingerprint density at radius 1 is 1.16 bits per heavy atom. The molecule has 2 aromatic rings. The van der Waals surface area contributed by atoms with Crippen molar-refractivity contribution in [3.63, 3.8) is 0 Å². The van der Waals surface area contributed by atoms with E-state index in [9.17, 15) is 4.79 Å². The second-order valence-corrected chi connectivity index (χ2v) is 3.75. The molecule has 2 heterocycles. The SMILES string of the molecule is COC(=O)c1cc2c(cc1N)Oc1nccnc1O2. The minimum absolute atomic E-state index is 0.206. The fourth-order valence-corrected chi connectivity index (χ4v) is 1.68. The van der Waals surface area contributed by atoms with Crippen LogP contribution in [0.15, 0.2) is 24.5 Å². The number of methoxy groups -OCH3 is 1. The van der Waals surface area contributed by atoms with E-state index in [0.29, 0.717) is 11.5 Å². The van der Waals surface area contributed by atoms with Crippen LogP contribution in [0.25, 0.3) is 0 Å². The van der Waals surface area contributed by atoms with E-state index in [4.69, 9.17) is 15.2 Å². The van der Waals surface area contributed by atoms with Crippen LogP contribution in [0.1, 0.15) is 10.4 Å². The van der Waals surface area contributed by atoms with Crippen molar-refractivity contribution in [2.45, 2.75) is 0 Å². The fraction of sp³-hybridized carbons (Fsp3) is 0.0833. The summed E-state index contributed by atoms with van der Waals surface area (Å²) in [4.78, 5) is 19.5. The molecule has 0 aliphatic carbocycles. The molecule has 0 spiro atoms. The third kappa shape index (κ3) is 1.81. The van der Waals surface area contributed by atoms with Crippen molar-refractivity contribution in [1.29, 1.82) is 0 Å². The van der Waals surface area contributed by atoms with Crippen molar-refractivity contribution in [2.24, 2.45) is 0 Å². The zero-order valence-corrected chi connectivity index (χ0v) is 9.91. The number of carbonyl (C=O) groups excluding carboxylic acids is 1. The summed E-state index contributed by atoms with van der Waals surface area (Å²) >= 11 is 0. The van der Waals surface area contributed by atoms with Gasteiger partial charge in [0, 0.05) is 24.5 Å². The van der Waals surface area contributed by atoms with Crippen LogP contribution < -0.4 is 15.2 Å². The Balaban J connectivity index is 2.07. The number of fused-ring (bicyclic) bond motifs is 2. The summed E-state index contributed by atoms with van der Waals surface area (Å²) in [6, 6.07) is 2.94. The molecule has 0 unspecified atom stereocenters. The molecule has 1 aliphatic heterocycles. The quantitative estimate of drug-likeness (QED) is 0.525. The van der Waals surface area contributed by atoms with Gasteiger partial charge < -0.3 is 19.9 Å². The van der Waals surface area contributed by atoms with Crippen LogP contribution in [0.2, 0.25) is 0 Å². The molecule has 96 valence electrons. The van der Waals surface area contributed by atoms with Crippen LogP contribution in [0.5, 0.6) is 23.3 Å². The third-order valence-corrected chi connectivity index (χ3v) is 2.57. The van der Waals surface area contributed by atoms with Crippen LogP contribution in [0, 0.1) is 0 Å². The zero-order valence-electron chi connectivity index (χ0n) is 9.91. The predicted molar refractivity (Wildman–Crippen MR) is 64.4 cm³/mol. The molecule has 7 heteroatoms. The van der Waals surface area contributed by atoms with E-state index in [1.165, 1.54) is 31.6 Å². The molecule has 7 nitrogen and oxygen atoms in total. The molecule has 3 rings (SSSR count). The van der Waals surface area contributed by atoms with Gasteiger partial charge in [0.25, 0.3) is 11.8 Å². The van der Waals surface area contributed by atoms with E-state index in [1.54, 1.807) is 0 Å². The largest absolute Gasteiger partial charge is 0.465 e. The summed E-state index contributed by atoms with van der Waals surface area (Å²) in [6.45, 7) is 0. The Hall–Kier alpha value is -2.83. The smallest absolute Gasteiger partial charge is 0.340 e. The van der Waals surface area contributed by atoms with Gasteiger partial charge in [0.05, 0.1) is 18.4 Å². The molecule has 0 radical (unpaired) electrons. The third-order valence-electron chi connectivity index (χ3n) is 2.57. The van der Waals surface area contributed by atoms with E-state index in [1.807, 2.05) is 0 Å². The van der Waals surface area contributed by atoms with Gasteiger partial charge in [-0.2, -0.15) is 0 Å². The lowest BCUT2D eigenvalue weighted by molar-refractivity contribution is 0.0601. The first-order chi connectivity index (χ1) is 9.19. The van der Waals surface area contributed by atoms with E-state index in [-0.39, 0.29) is 23.0 Å². The Kier molecular flexibility index (Phi) is 2.45. The summed E-state index contributed by atoms with van der Waals surface area (Å²) < 4.78 is 15.6. The standard InChI is InChI=1S/C12H9N3O4/c1-17-12(16)6-4-8-9(5-7(6)13)19-11-10(18-8)14-2-3-15-11/h2-5H,13H2,1H3. The topological polar surface area (TPSA) is 96.6 Å². The molecule has 0 fully saturated rings. The minimum Gasteiger partial charge on any atom is -0.465 e. The molecule has 1 aliphatic rings. The Bertz CT molecular complexity index is 672. The van der Waals surface area contributed by atoms with Crippen LogP contribution in [0.4, 0.5) is 5.69 Å². The van der Waals surface area contributed by atoms with E-state index in [2.05, 4.69) is 14.7 Å². The average Bonchev–Trinajstić information content (AvgIpc) is 2.43. The Labute approximate surface area is 107 Å². The zero-order chi connectivity index (χ0) is 13.4. The van der Waals surface area contributed by atoms with Crippen molar-refractivity contribution < 1.29 is 19.0 Å². The van der Waals surface area contributed by atoms with Crippen LogP contribution in [-0.4, -0.2) is 23.0 Å². The summed E-state index contributed by atoms with van der Waals surface area (Å²) in [5, 5.41) is 0. The fourth-order valence-electron chi connectivity index (χ4n) is 1.68. The van der Waals surface area contributed by atoms with Gasteiger partial charge in [-0.05, 0) is 0 Å². The van der Waals surface area contributed by atoms with Crippen molar-refractivity contribution in [2.75, 3.05) is 12.8 Å². The number of benzene rings is 1. The highest BCUT2D eigenvalue weighted by atomic mass is 16.6. The molecule has 1 aromatic heterocycles. The second kappa shape index (κ2) is 4.13. The molecule has 2 N–H and O–H groups in total. The molecule has 19 heavy (non-hydrogen) atoms. The van der Waals surface area contributed by atoms with Crippen LogP contribution in [-0.2, 0) is 4.74 Å². The first-order valence-corrected chi connectivity index (χ1v) is 5.37. The number of nitrogen functional groups attached to an aromatic ring is 1. The number of anilines is 1. The lowest BCUT2D eigenvalue weighted by atomic mass is 10.1. The van der Waals surface area contributed by atoms with Gasteiger partial charge in [-0.25, -0.2) is 14.8 Å². The average molecular weight is 259 g/mol. The lowest BCUT2D eigenvalue weighted by Gasteiger charge is -2.19. The highest BCUT2D eigenvalue weighted by molar-refractivity contribution is 5.96. The van der Waals surface area contributed by atoms with Crippen molar-refractivity contribution in [1.82, 2.24) is 9.97 Å². The van der Waals surface area contributed by atoms with Gasteiger partial charge in [-0.15, -0.1) is 0 Å². The second-order valence-electron chi connectivity index (χ2n) is 3.75. The predicted octanol–water partition coefficient (Wildman–Crippen LogP) is 1.74. The van der Waals surface area contributed by atoms with Gasteiger partial charge in [-0.1, -0.05) is 0 Å². The first-order valence-electron chi connectivity index (χ1n) is 5.37. The molecule has 0 saturated carbocycles. The summed E-state index contributed by atoms with van der Waals surface area (Å²) in [5.41, 5.74) is 6.21. The number of ether oxygens (including phenoxy) is 3. The van der Waals surface area contributed by atoms with E-state index >= 15 is 0 Å². The number of carbonyl (C=O) groups is 1. The maximum atomic E-state index is 11.5. The molecule has 0 bridgehead atoms. The van der Waals surface area contributed by atoms with Gasteiger partial charge in [0.2, 0.25) is 0 Å². The molecule has 0 amide bonds. The minimum atomic E-state index is -0.547. The number of nitrogens with zero attached hydrogens (tertiary/aromatic N) is 2. The van der Waals surface area contributed by atoms with E-state index in [0.717, 1.165) is 0 Å². The number of aromatic nitrogens is 2.